The van der Waals surface area contributed by atoms with Gasteiger partial charge in [0.2, 0.25) is 5.91 Å². The first-order valence-corrected chi connectivity index (χ1v) is 5.96. The molecule has 1 amide bonds. The van der Waals surface area contributed by atoms with Crippen LogP contribution in [0.5, 0.6) is 0 Å². The quantitative estimate of drug-likeness (QED) is 0.756. The largest absolute Gasteiger partial charge is 0.394 e. The predicted octanol–water partition coefficient (Wildman–Crippen LogP) is 2.00. The van der Waals surface area contributed by atoms with Gasteiger partial charge in [0, 0.05) is 5.69 Å². The highest BCUT2D eigenvalue weighted by atomic mass is 16.3. The molecule has 0 saturated heterocycles. The summed E-state index contributed by atoms with van der Waals surface area (Å²) in [5, 5.41) is 11.2. The van der Waals surface area contributed by atoms with Gasteiger partial charge in [-0.15, -0.1) is 0 Å². The molecule has 4 heteroatoms. The molecular formula is C13H24N2O2. The van der Waals surface area contributed by atoms with Crippen LogP contribution in [0.1, 0.15) is 27.7 Å². The highest BCUT2D eigenvalue weighted by Crippen LogP contribution is 2.04. The molecule has 0 aliphatic heterocycles. The molecule has 0 aromatic heterocycles. The van der Waals surface area contributed by atoms with Crippen LogP contribution in [0.4, 0.5) is 5.69 Å². The van der Waals surface area contributed by atoms with Gasteiger partial charge in [-0.3, -0.25) is 4.79 Å². The third kappa shape index (κ3) is 8.42. The zero-order valence-electron chi connectivity index (χ0n) is 11.1. The van der Waals surface area contributed by atoms with Gasteiger partial charge in [-0.1, -0.05) is 45.9 Å². The summed E-state index contributed by atoms with van der Waals surface area (Å²) in [5.74, 6) is -0.381. The zero-order valence-corrected chi connectivity index (χ0v) is 11.1. The summed E-state index contributed by atoms with van der Waals surface area (Å²) >= 11 is 0. The number of carbonyl (C=O) groups is 1. The molecule has 0 heterocycles. The molecule has 98 valence electrons. The van der Waals surface area contributed by atoms with Crippen molar-refractivity contribution in [3.8, 4) is 0 Å². The van der Waals surface area contributed by atoms with Crippen LogP contribution in [-0.2, 0) is 4.79 Å². The summed E-state index contributed by atoms with van der Waals surface area (Å²) in [6, 6.07) is 8.10. The Hall–Kier alpha value is -1.39. The van der Waals surface area contributed by atoms with E-state index in [1.807, 2.05) is 33.8 Å². The maximum atomic E-state index is 11.1. The average molecular weight is 240 g/mol. The first-order valence-electron chi connectivity index (χ1n) is 5.96. The van der Waals surface area contributed by atoms with Crippen molar-refractivity contribution in [1.82, 2.24) is 0 Å². The minimum absolute atomic E-state index is 0.349. The van der Waals surface area contributed by atoms with E-state index >= 15 is 0 Å². The van der Waals surface area contributed by atoms with Crippen LogP contribution in [0.3, 0.4) is 0 Å². The molecule has 17 heavy (non-hydrogen) atoms. The van der Waals surface area contributed by atoms with Crippen LogP contribution in [0.2, 0.25) is 0 Å². The van der Waals surface area contributed by atoms with E-state index in [-0.39, 0.29) is 12.5 Å². The van der Waals surface area contributed by atoms with Gasteiger partial charge >= 0.3 is 0 Å². The summed E-state index contributed by atoms with van der Waals surface area (Å²) in [5.41, 5.74) is 5.98. The lowest BCUT2D eigenvalue weighted by atomic mass is 10.3. The molecule has 1 rings (SSSR count). The maximum absolute atomic E-state index is 11.1. The maximum Gasteiger partial charge on any atom is 0.243 e. The molecule has 0 spiro atoms. The molecule has 4 N–H and O–H groups in total. The average Bonchev–Trinajstić information content (AvgIpc) is 2.43. The Bertz CT molecular complexity index is 276. The molecule has 1 unspecified atom stereocenters. The molecule has 1 aromatic rings. The molecule has 0 bridgehead atoms. The Kier molecular flexibility index (Phi) is 13.4. The van der Waals surface area contributed by atoms with Gasteiger partial charge in [0.1, 0.15) is 6.04 Å². The fourth-order valence-electron chi connectivity index (χ4n) is 0.839. The number of aliphatic hydroxyl groups is 1. The fourth-order valence-corrected chi connectivity index (χ4v) is 0.839. The van der Waals surface area contributed by atoms with Gasteiger partial charge in [-0.05, 0) is 12.1 Å². The van der Waals surface area contributed by atoms with E-state index in [2.05, 4.69) is 5.32 Å². The molecule has 0 radical (unpaired) electrons. The van der Waals surface area contributed by atoms with Crippen LogP contribution in [0, 0.1) is 0 Å². The van der Waals surface area contributed by atoms with E-state index in [4.69, 9.17) is 10.8 Å². The van der Waals surface area contributed by atoms with Crippen LogP contribution >= 0.6 is 0 Å². The lowest BCUT2D eigenvalue weighted by Gasteiger charge is -2.08. The number of anilines is 1. The second kappa shape index (κ2) is 12.7. The minimum atomic E-state index is -0.861. The molecule has 0 saturated carbocycles. The van der Waals surface area contributed by atoms with Gasteiger partial charge in [-0.25, -0.2) is 0 Å². The second-order valence-electron chi connectivity index (χ2n) is 2.64. The number of para-hydroxylation sites is 1. The Morgan fingerprint density at radius 3 is 2.12 bits per heavy atom. The van der Waals surface area contributed by atoms with Crippen molar-refractivity contribution >= 4 is 11.6 Å². The number of aliphatic hydroxyl groups excluding tert-OH is 1. The summed E-state index contributed by atoms with van der Waals surface area (Å²) in [4.78, 5) is 11.1. The molecular weight excluding hydrogens is 216 g/mol. The second-order valence-corrected chi connectivity index (χ2v) is 2.64. The number of rotatable bonds is 3. The number of hydrogen-bond acceptors (Lipinski definition) is 3. The lowest BCUT2D eigenvalue weighted by Crippen LogP contribution is -2.38. The normalized spacial score (nSPS) is 10.0. The standard InChI is InChI=1S/C9H12N2O2.2C2H6/c10-8(6-12)9(13)11-7-4-2-1-3-5-7;2*1-2/h1-5,8,12H,6,10H2,(H,11,13);2*1-2H3. The number of hydrogen-bond donors (Lipinski definition) is 3. The Morgan fingerprint density at radius 2 is 1.71 bits per heavy atom. The number of amides is 1. The van der Waals surface area contributed by atoms with Crippen molar-refractivity contribution in [1.29, 1.82) is 0 Å². The highest BCUT2D eigenvalue weighted by molar-refractivity contribution is 5.94. The first kappa shape index (κ1) is 18.0. The number of carbonyl (C=O) groups excluding carboxylic acids is 1. The number of nitrogens with two attached hydrogens (primary N) is 1. The molecule has 4 nitrogen and oxygen atoms in total. The summed E-state index contributed by atoms with van der Waals surface area (Å²) in [7, 11) is 0. The van der Waals surface area contributed by atoms with Crippen LogP contribution in [-0.4, -0.2) is 23.7 Å². The van der Waals surface area contributed by atoms with Gasteiger partial charge in [0.15, 0.2) is 0 Å². The lowest BCUT2D eigenvalue weighted by molar-refractivity contribution is -0.118. The monoisotopic (exact) mass is 240 g/mol. The molecule has 1 aromatic carbocycles. The van der Waals surface area contributed by atoms with Crippen molar-refractivity contribution < 1.29 is 9.90 Å². The predicted molar refractivity (Wildman–Crippen MR) is 72.8 cm³/mol. The van der Waals surface area contributed by atoms with Crippen molar-refractivity contribution in [2.45, 2.75) is 33.7 Å². The van der Waals surface area contributed by atoms with E-state index in [0.29, 0.717) is 5.69 Å². The molecule has 0 aliphatic carbocycles. The summed E-state index contributed by atoms with van der Waals surface area (Å²) < 4.78 is 0. The van der Waals surface area contributed by atoms with Crippen molar-refractivity contribution in [3.63, 3.8) is 0 Å². The Morgan fingerprint density at radius 1 is 1.24 bits per heavy atom. The topological polar surface area (TPSA) is 75.3 Å². The smallest absolute Gasteiger partial charge is 0.243 e. The third-order valence-corrected chi connectivity index (χ3v) is 1.57. The van der Waals surface area contributed by atoms with E-state index in [1.165, 1.54) is 0 Å². The van der Waals surface area contributed by atoms with Gasteiger partial charge in [-0.2, -0.15) is 0 Å². The minimum Gasteiger partial charge on any atom is -0.394 e. The summed E-state index contributed by atoms with van der Waals surface area (Å²) in [6.07, 6.45) is 0. The molecule has 0 aliphatic rings. The summed E-state index contributed by atoms with van der Waals surface area (Å²) in [6.45, 7) is 7.65. The first-order chi connectivity index (χ1) is 8.24. The Balaban J connectivity index is 0. The van der Waals surface area contributed by atoms with E-state index < -0.39 is 6.04 Å². The SMILES string of the molecule is CC.CC.NC(CO)C(=O)Nc1ccccc1. The molecule has 1 atom stereocenters. The van der Waals surface area contributed by atoms with Crippen LogP contribution in [0.15, 0.2) is 30.3 Å². The number of benzene rings is 1. The number of nitrogens with one attached hydrogen (secondary N) is 1. The van der Waals surface area contributed by atoms with Crippen LogP contribution in [0.25, 0.3) is 0 Å². The van der Waals surface area contributed by atoms with Gasteiger partial charge in [0.05, 0.1) is 6.61 Å². The van der Waals surface area contributed by atoms with Gasteiger partial charge in [0.25, 0.3) is 0 Å². The van der Waals surface area contributed by atoms with E-state index in [9.17, 15) is 4.79 Å². The fraction of sp³-hybridized carbons (Fsp3) is 0.462. The Labute approximate surface area is 104 Å². The molecule has 0 fully saturated rings. The van der Waals surface area contributed by atoms with E-state index in [1.54, 1.807) is 24.3 Å². The van der Waals surface area contributed by atoms with E-state index in [0.717, 1.165) is 0 Å². The highest BCUT2D eigenvalue weighted by Gasteiger charge is 2.11. The third-order valence-electron chi connectivity index (χ3n) is 1.57. The van der Waals surface area contributed by atoms with Crippen molar-refractivity contribution in [2.24, 2.45) is 5.73 Å². The zero-order chi connectivity index (χ0) is 13.7. The van der Waals surface area contributed by atoms with Crippen molar-refractivity contribution in [3.05, 3.63) is 30.3 Å². The van der Waals surface area contributed by atoms with Gasteiger partial charge < -0.3 is 16.2 Å². The van der Waals surface area contributed by atoms with Crippen LogP contribution < -0.4 is 11.1 Å². The van der Waals surface area contributed by atoms with Crippen molar-refractivity contribution in [2.75, 3.05) is 11.9 Å².